The van der Waals surface area contributed by atoms with E-state index in [9.17, 15) is 31.7 Å². The highest BCUT2D eigenvalue weighted by atomic mass is 32.2. The first kappa shape index (κ1) is 22.2. The van der Waals surface area contributed by atoms with Crippen LogP contribution in [0.25, 0.3) is 11.0 Å². The number of halogens is 3. The second-order valence-corrected chi connectivity index (χ2v) is 9.57. The first-order chi connectivity index (χ1) is 15.1. The van der Waals surface area contributed by atoms with Gasteiger partial charge in [-0.2, -0.15) is 17.5 Å². The van der Waals surface area contributed by atoms with Crippen molar-refractivity contribution < 1.29 is 26.5 Å². The molecule has 12 heteroatoms. The maximum atomic E-state index is 13.5. The summed E-state index contributed by atoms with van der Waals surface area (Å²) >= 11 is 0. The van der Waals surface area contributed by atoms with Gasteiger partial charge in [0.25, 0.3) is 5.69 Å². The van der Waals surface area contributed by atoms with Crippen LogP contribution in [0, 0.1) is 16.0 Å². The van der Waals surface area contributed by atoms with E-state index in [1.807, 2.05) is 0 Å². The Kier molecular flexibility index (Phi) is 5.67. The summed E-state index contributed by atoms with van der Waals surface area (Å²) in [5.41, 5.74) is 0.439. The van der Waals surface area contributed by atoms with Gasteiger partial charge in [-0.25, -0.2) is 13.4 Å². The topological polar surface area (TPSA) is 98.3 Å². The van der Waals surface area contributed by atoms with Crippen molar-refractivity contribution in [2.75, 3.05) is 13.1 Å². The normalized spacial score (nSPS) is 16.5. The van der Waals surface area contributed by atoms with Crippen LogP contribution in [0.3, 0.4) is 0 Å². The van der Waals surface area contributed by atoms with Crippen LogP contribution < -0.4 is 0 Å². The van der Waals surface area contributed by atoms with Gasteiger partial charge in [-0.3, -0.25) is 10.1 Å². The van der Waals surface area contributed by atoms with Crippen LogP contribution in [-0.2, 0) is 22.7 Å². The monoisotopic (exact) mass is 468 g/mol. The van der Waals surface area contributed by atoms with Crippen LogP contribution in [0.4, 0.5) is 18.9 Å². The number of rotatable bonds is 5. The van der Waals surface area contributed by atoms with Crippen molar-refractivity contribution in [2.24, 2.45) is 5.92 Å². The van der Waals surface area contributed by atoms with Gasteiger partial charge in [-0.1, -0.05) is 12.1 Å². The summed E-state index contributed by atoms with van der Waals surface area (Å²) < 4.78 is 68.7. The number of sulfonamides is 1. The van der Waals surface area contributed by atoms with Gasteiger partial charge in [0.15, 0.2) is 0 Å². The Balaban J connectivity index is 1.49. The second kappa shape index (κ2) is 8.17. The van der Waals surface area contributed by atoms with Crippen LogP contribution in [0.5, 0.6) is 0 Å². The van der Waals surface area contributed by atoms with Crippen molar-refractivity contribution in [3.63, 3.8) is 0 Å². The molecule has 3 aromatic rings. The molecule has 0 atom stereocenters. The Morgan fingerprint density at radius 2 is 1.69 bits per heavy atom. The van der Waals surface area contributed by atoms with E-state index in [0.29, 0.717) is 18.4 Å². The second-order valence-electron chi connectivity index (χ2n) is 7.63. The molecule has 1 aromatic heterocycles. The summed E-state index contributed by atoms with van der Waals surface area (Å²) in [5.74, 6) is -1.11. The zero-order chi connectivity index (χ0) is 23.1. The van der Waals surface area contributed by atoms with Crippen molar-refractivity contribution in [1.82, 2.24) is 13.9 Å². The van der Waals surface area contributed by atoms with Crippen LogP contribution in [-0.4, -0.2) is 40.3 Å². The molecule has 2 aromatic carbocycles. The van der Waals surface area contributed by atoms with Crippen molar-refractivity contribution >= 4 is 26.7 Å². The molecular weight excluding hydrogens is 449 g/mol. The Morgan fingerprint density at radius 1 is 1.06 bits per heavy atom. The molecule has 0 radical (unpaired) electrons. The number of benzene rings is 2. The predicted molar refractivity (Wildman–Crippen MR) is 109 cm³/mol. The molecule has 4 rings (SSSR count). The smallest absolute Gasteiger partial charge is 0.320 e. The molecule has 0 aliphatic carbocycles. The Morgan fingerprint density at radius 3 is 2.28 bits per heavy atom. The van der Waals surface area contributed by atoms with Gasteiger partial charge in [-0.05, 0) is 43.0 Å². The minimum Gasteiger partial charge on any atom is -0.320 e. The summed E-state index contributed by atoms with van der Waals surface area (Å²) in [6.07, 6.45) is -3.83. The molecule has 1 aliphatic rings. The van der Waals surface area contributed by atoms with Crippen LogP contribution >= 0.6 is 0 Å². The SMILES string of the molecule is O=[N+]([O-])c1ccc(S(=O)(=O)N2CCC(Cn3c(C(F)(F)F)nc4ccccc43)CC2)cc1. The number of nitro benzene ring substituents is 1. The highest BCUT2D eigenvalue weighted by Crippen LogP contribution is 2.33. The van der Waals surface area contributed by atoms with Crippen LogP contribution in [0.1, 0.15) is 18.7 Å². The maximum Gasteiger partial charge on any atom is 0.449 e. The molecule has 0 bridgehead atoms. The summed E-state index contributed by atoms with van der Waals surface area (Å²) in [6.45, 7) is 0.386. The Hall–Kier alpha value is -2.99. The molecule has 0 unspecified atom stereocenters. The van der Waals surface area contributed by atoms with E-state index in [2.05, 4.69) is 4.98 Å². The number of piperidine rings is 1. The summed E-state index contributed by atoms with van der Waals surface area (Å²) in [7, 11) is -3.84. The number of hydrogen-bond acceptors (Lipinski definition) is 5. The van der Waals surface area contributed by atoms with Crippen molar-refractivity contribution in [3.05, 3.63) is 64.5 Å². The third-order valence-corrected chi connectivity index (χ3v) is 7.52. The Bertz CT molecular complexity index is 1250. The molecule has 0 N–H and O–H groups in total. The minimum absolute atomic E-state index is 0.0542. The van der Waals surface area contributed by atoms with Crippen LogP contribution in [0.2, 0.25) is 0 Å². The van der Waals surface area contributed by atoms with Gasteiger partial charge >= 0.3 is 6.18 Å². The van der Waals surface area contributed by atoms with Crippen molar-refractivity contribution in [2.45, 2.75) is 30.5 Å². The largest absolute Gasteiger partial charge is 0.449 e. The zero-order valence-electron chi connectivity index (χ0n) is 16.7. The highest BCUT2D eigenvalue weighted by Gasteiger charge is 2.38. The molecule has 0 spiro atoms. The molecule has 32 heavy (non-hydrogen) atoms. The Labute approximate surface area is 181 Å². The molecule has 1 aliphatic heterocycles. The van der Waals surface area contributed by atoms with E-state index in [4.69, 9.17) is 0 Å². The maximum absolute atomic E-state index is 13.5. The van der Waals surface area contributed by atoms with E-state index in [1.165, 1.54) is 27.1 Å². The van der Waals surface area contributed by atoms with Gasteiger partial charge in [0.2, 0.25) is 15.8 Å². The zero-order valence-corrected chi connectivity index (χ0v) is 17.5. The average Bonchev–Trinajstić information content (AvgIpc) is 3.13. The number of nitrogens with zero attached hydrogens (tertiary/aromatic N) is 4. The minimum atomic E-state index is -4.60. The van der Waals surface area contributed by atoms with E-state index in [0.717, 1.165) is 12.1 Å². The lowest BCUT2D eigenvalue weighted by Gasteiger charge is -2.31. The molecular formula is C20H19F3N4O4S. The van der Waals surface area contributed by atoms with Gasteiger partial charge in [0.05, 0.1) is 20.9 Å². The fourth-order valence-electron chi connectivity index (χ4n) is 3.96. The third kappa shape index (κ3) is 4.19. The lowest BCUT2D eigenvalue weighted by molar-refractivity contribution is -0.384. The molecule has 1 saturated heterocycles. The lowest BCUT2D eigenvalue weighted by Crippen LogP contribution is -2.39. The highest BCUT2D eigenvalue weighted by molar-refractivity contribution is 7.89. The van der Waals surface area contributed by atoms with Crippen molar-refractivity contribution in [1.29, 1.82) is 0 Å². The molecule has 2 heterocycles. The molecule has 0 amide bonds. The number of non-ortho nitro benzene ring substituents is 1. The van der Waals surface area contributed by atoms with Crippen LogP contribution in [0.15, 0.2) is 53.4 Å². The standard InChI is InChI=1S/C20H19F3N4O4S/c21-20(22,23)19-24-17-3-1-2-4-18(17)26(19)13-14-9-11-25(12-10-14)32(30,31)16-7-5-15(6-8-16)27(28)29/h1-8,14H,9-13H2. The molecule has 0 saturated carbocycles. The first-order valence-corrected chi connectivity index (χ1v) is 11.3. The summed E-state index contributed by atoms with van der Waals surface area (Å²) in [6, 6.07) is 11.0. The average molecular weight is 468 g/mol. The first-order valence-electron chi connectivity index (χ1n) is 9.84. The third-order valence-electron chi connectivity index (χ3n) is 5.61. The number of aromatic nitrogens is 2. The number of nitro groups is 1. The predicted octanol–water partition coefficient (Wildman–Crippen LogP) is 4.06. The number of imidazole rings is 1. The van der Waals surface area contributed by atoms with E-state index >= 15 is 0 Å². The van der Waals surface area contributed by atoms with E-state index in [1.54, 1.807) is 18.2 Å². The number of para-hydroxylation sites is 2. The number of hydrogen-bond donors (Lipinski definition) is 0. The number of fused-ring (bicyclic) bond motifs is 1. The lowest BCUT2D eigenvalue weighted by atomic mass is 9.98. The summed E-state index contributed by atoms with van der Waals surface area (Å²) in [5, 5.41) is 10.8. The fraction of sp³-hybridized carbons (Fsp3) is 0.350. The van der Waals surface area contributed by atoms with Gasteiger partial charge < -0.3 is 4.57 Å². The molecule has 1 fully saturated rings. The fourth-order valence-corrected chi connectivity index (χ4v) is 5.43. The van der Waals surface area contributed by atoms with Gasteiger partial charge in [0, 0.05) is 31.8 Å². The quantitative estimate of drug-likeness (QED) is 0.415. The molecule has 8 nitrogen and oxygen atoms in total. The van der Waals surface area contributed by atoms with E-state index < -0.39 is 26.9 Å². The summed E-state index contributed by atoms with van der Waals surface area (Å²) in [4.78, 5) is 13.8. The van der Waals surface area contributed by atoms with Crippen molar-refractivity contribution in [3.8, 4) is 0 Å². The van der Waals surface area contributed by atoms with Gasteiger partial charge in [-0.15, -0.1) is 0 Å². The van der Waals surface area contributed by atoms with Gasteiger partial charge in [0.1, 0.15) is 0 Å². The molecule has 170 valence electrons. The number of alkyl halides is 3. The van der Waals surface area contributed by atoms with E-state index in [-0.39, 0.29) is 41.7 Å².